The van der Waals surface area contributed by atoms with Gasteiger partial charge in [0.25, 0.3) is 5.91 Å². The molecule has 2 fully saturated rings. The van der Waals surface area contributed by atoms with Crippen molar-refractivity contribution in [2.75, 3.05) is 37.0 Å². The van der Waals surface area contributed by atoms with E-state index in [4.69, 9.17) is 28.5 Å². The van der Waals surface area contributed by atoms with Gasteiger partial charge >= 0.3 is 6.03 Å². The number of benzene rings is 2. The number of anilines is 1. The number of likely N-dealkylation sites (tertiary alicyclic amines) is 1. The van der Waals surface area contributed by atoms with Gasteiger partial charge in [-0.1, -0.05) is 35.3 Å². The summed E-state index contributed by atoms with van der Waals surface area (Å²) in [5.74, 6) is -2.66. The molecule has 12 heteroatoms. The van der Waals surface area contributed by atoms with E-state index in [1.807, 2.05) is 6.07 Å². The number of halogens is 2. The lowest BCUT2D eigenvalue weighted by atomic mass is 9.80. The Bertz CT molecular complexity index is 1370. The summed E-state index contributed by atoms with van der Waals surface area (Å²) in [7, 11) is -2.15. The number of likely N-dealkylation sites (N-methyl/N-ethyl adjacent to an activating group) is 1. The summed E-state index contributed by atoms with van der Waals surface area (Å²) in [5, 5.41) is 9.62. The van der Waals surface area contributed by atoms with Crippen molar-refractivity contribution < 1.29 is 22.8 Å². The lowest BCUT2D eigenvalue weighted by Crippen LogP contribution is -2.54. The van der Waals surface area contributed by atoms with Crippen molar-refractivity contribution in [3.8, 4) is 6.07 Å². The van der Waals surface area contributed by atoms with Crippen LogP contribution in [-0.2, 0) is 19.4 Å². The van der Waals surface area contributed by atoms with Crippen LogP contribution < -0.4 is 4.90 Å². The second kappa shape index (κ2) is 8.82. The lowest BCUT2D eigenvalue weighted by molar-refractivity contribution is -0.128. The second-order valence-electron chi connectivity index (χ2n) is 8.66. The molecule has 1 spiro atoms. The summed E-state index contributed by atoms with van der Waals surface area (Å²) in [6.45, 7) is -0.189. The molecule has 2 heterocycles. The van der Waals surface area contributed by atoms with Gasteiger partial charge < -0.3 is 9.80 Å². The number of rotatable bonds is 4. The van der Waals surface area contributed by atoms with Gasteiger partial charge in [0.05, 0.1) is 23.9 Å². The molecule has 2 saturated heterocycles. The standard InChI is InChI=1S/C23H20Cl2N4O5S/c1-27-22(32)29(18-8-16(24)7-17(25)9-18)21(31)23(27)13-28(20(30)12-35(2,33)34)11-19(23)15-5-3-14(10-26)4-6-15/h3-9,19H,11-13H2,1-2H3/t19-,23+/m0/s1. The third-order valence-electron chi connectivity index (χ3n) is 6.35. The fourth-order valence-electron chi connectivity index (χ4n) is 4.71. The summed E-state index contributed by atoms with van der Waals surface area (Å²) in [6, 6.07) is 12.2. The largest absolute Gasteiger partial charge is 0.338 e. The molecule has 0 unspecified atom stereocenters. The molecule has 0 bridgehead atoms. The zero-order valence-corrected chi connectivity index (χ0v) is 21.1. The Hall–Kier alpha value is -3.13. The number of hydrogen-bond acceptors (Lipinski definition) is 6. The van der Waals surface area contributed by atoms with Crippen LogP contribution in [0.25, 0.3) is 0 Å². The van der Waals surface area contributed by atoms with E-state index < -0.39 is 44.9 Å². The van der Waals surface area contributed by atoms with Crippen molar-refractivity contribution in [1.29, 1.82) is 5.26 Å². The van der Waals surface area contributed by atoms with E-state index in [1.165, 1.54) is 35.0 Å². The molecule has 2 aromatic carbocycles. The molecule has 0 radical (unpaired) electrons. The number of carbonyl (C=O) groups is 3. The van der Waals surface area contributed by atoms with Crippen LogP contribution in [0.1, 0.15) is 17.0 Å². The number of nitriles is 1. The SMILES string of the molecule is CN1C(=O)N(c2cc(Cl)cc(Cl)c2)C(=O)[C@]12CN(C(=O)CS(C)(=O)=O)C[C@H]2c1ccc(C#N)cc1. The molecule has 9 nitrogen and oxygen atoms in total. The van der Waals surface area contributed by atoms with Crippen LogP contribution >= 0.6 is 23.2 Å². The molecule has 0 aromatic heterocycles. The highest BCUT2D eigenvalue weighted by molar-refractivity contribution is 7.91. The minimum atomic E-state index is -3.62. The average Bonchev–Trinajstić information content (AvgIpc) is 3.26. The maximum atomic E-state index is 14.0. The topological polar surface area (TPSA) is 119 Å². The maximum Gasteiger partial charge on any atom is 0.332 e. The van der Waals surface area contributed by atoms with E-state index >= 15 is 0 Å². The van der Waals surface area contributed by atoms with Crippen molar-refractivity contribution in [3.05, 3.63) is 63.6 Å². The first-order valence-corrected chi connectivity index (χ1v) is 13.2. The molecular formula is C23H20Cl2N4O5S. The average molecular weight is 535 g/mol. The molecule has 182 valence electrons. The summed E-state index contributed by atoms with van der Waals surface area (Å²) >= 11 is 12.2. The lowest BCUT2D eigenvalue weighted by Gasteiger charge is -2.33. The molecule has 4 rings (SSSR count). The Morgan fingerprint density at radius 1 is 1.14 bits per heavy atom. The van der Waals surface area contributed by atoms with Gasteiger partial charge in [-0.05, 0) is 35.9 Å². The first-order valence-electron chi connectivity index (χ1n) is 10.4. The molecule has 2 atom stereocenters. The number of carbonyl (C=O) groups excluding carboxylic acids is 3. The van der Waals surface area contributed by atoms with Gasteiger partial charge in [0.2, 0.25) is 5.91 Å². The van der Waals surface area contributed by atoms with Crippen molar-refractivity contribution in [2.45, 2.75) is 11.5 Å². The summed E-state index contributed by atoms with van der Waals surface area (Å²) < 4.78 is 23.5. The highest BCUT2D eigenvalue weighted by Crippen LogP contribution is 2.46. The third-order valence-corrected chi connectivity index (χ3v) is 7.56. The smallest absolute Gasteiger partial charge is 0.332 e. The highest BCUT2D eigenvalue weighted by atomic mass is 35.5. The Labute approximate surface area is 212 Å². The number of nitrogens with zero attached hydrogens (tertiary/aromatic N) is 4. The van der Waals surface area contributed by atoms with Crippen molar-refractivity contribution in [3.63, 3.8) is 0 Å². The van der Waals surface area contributed by atoms with Crippen LogP contribution in [-0.4, -0.2) is 73.7 Å². The predicted molar refractivity (Wildman–Crippen MR) is 130 cm³/mol. The predicted octanol–water partition coefficient (Wildman–Crippen LogP) is 2.67. The van der Waals surface area contributed by atoms with Crippen molar-refractivity contribution in [1.82, 2.24) is 9.80 Å². The van der Waals surface area contributed by atoms with Crippen LogP contribution in [0.2, 0.25) is 10.0 Å². The van der Waals surface area contributed by atoms with Gasteiger partial charge in [0.15, 0.2) is 9.84 Å². The fourth-order valence-corrected chi connectivity index (χ4v) is 5.86. The summed E-state index contributed by atoms with van der Waals surface area (Å²) in [4.78, 5) is 43.8. The molecule has 0 saturated carbocycles. The van der Waals surface area contributed by atoms with Crippen LogP contribution in [0, 0.1) is 11.3 Å². The fraction of sp³-hybridized carbons (Fsp3) is 0.304. The first kappa shape index (κ1) is 25.0. The monoisotopic (exact) mass is 534 g/mol. The van der Waals surface area contributed by atoms with Crippen LogP contribution in [0.4, 0.5) is 10.5 Å². The number of sulfone groups is 1. The Morgan fingerprint density at radius 3 is 2.29 bits per heavy atom. The normalized spacial score (nSPS) is 22.3. The van der Waals surface area contributed by atoms with Gasteiger partial charge in [-0.2, -0.15) is 5.26 Å². The molecule has 0 N–H and O–H groups in total. The molecule has 2 aliphatic heterocycles. The maximum absolute atomic E-state index is 14.0. The third kappa shape index (κ3) is 4.35. The van der Waals surface area contributed by atoms with Gasteiger partial charge in [-0.3, -0.25) is 9.59 Å². The number of imide groups is 1. The van der Waals surface area contributed by atoms with E-state index in [2.05, 4.69) is 0 Å². The molecule has 4 amide bonds. The Balaban J connectivity index is 1.83. The summed E-state index contributed by atoms with van der Waals surface area (Å²) in [6.07, 6.45) is 0.954. The zero-order valence-electron chi connectivity index (χ0n) is 18.7. The highest BCUT2D eigenvalue weighted by Gasteiger charge is 2.65. The van der Waals surface area contributed by atoms with E-state index in [1.54, 1.807) is 24.3 Å². The summed E-state index contributed by atoms with van der Waals surface area (Å²) in [5.41, 5.74) is -0.297. The number of urea groups is 1. The molecule has 35 heavy (non-hydrogen) atoms. The minimum absolute atomic E-state index is 0.00769. The minimum Gasteiger partial charge on any atom is -0.338 e. The van der Waals surface area contributed by atoms with Crippen LogP contribution in [0.15, 0.2) is 42.5 Å². The van der Waals surface area contributed by atoms with Gasteiger partial charge in [0.1, 0.15) is 11.3 Å². The Morgan fingerprint density at radius 2 is 1.74 bits per heavy atom. The van der Waals surface area contributed by atoms with E-state index in [0.29, 0.717) is 11.1 Å². The van der Waals surface area contributed by atoms with Gasteiger partial charge in [-0.15, -0.1) is 0 Å². The number of hydrogen-bond donors (Lipinski definition) is 0. The molecular weight excluding hydrogens is 515 g/mol. The van der Waals surface area contributed by atoms with Gasteiger partial charge in [-0.25, -0.2) is 18.1 Å². The van der Waals surface area contributed by atoms with Crippen LogP contribution in [0.3, 0.4) is 0 Å². The van der Waals surface area contributed by atoms with E-state index in [0.717, 1.165) is 11.2 Å². The first-order chi connectivity index (χ1) is 16.4. The Kier molecular flexibility index (Phi) is 6.30. The van der Waals surface area contributed by atoms with Crippen molar-refractivity contribution in [2.24, 2.45) is 0 Å². The van der Waals surface area contributed by atoms with Crippen LogP contribution in [0.5, 0.6) is 0 Å². The molecule has 2 aromatic rings. The van der Waals surface area contributed by atoms with Gasteiger partial charge in [0, 0.05) is 35.8 Å². The van der Waals surface area contributed by atoms with Crippen molar-refractivity contribution >= 4 is 56.6 Å². The molecule has 2 aliphatic rings. The van der Waals surface area contributed by atoms with E-state index in [-0.39, 0.29) is 28.8 Å². The molecule has 0 aliphatic carbocycles. The number of amides is 4. The zero-order chi connectivity index (χ0) is 25.7. The van der Waals surface area contributed by atoms with E-state index in [9.17, 15) is 22.8 Å². The quantitative estimate of drug-likeness (QED) is 0.556. The second-order valence-corrected chi connectivity index (χ2v) is 11.7.